The number of methoxy groups -OCH3 is 2. The van der Waals surface area contributed by atoms with Crippen molar-refractivity contribution < 1.29 is 42.7 Å². The Morgan fingerprint density at radius 2 is 0.896 bits per heavy atom. The molecule has 0 N–H and O–H groups in total. The number of hydrogen-bond donors (Lipinski definition) is 0. The molecule has 0 aromatic heterocycles. The zero-order valence-electron chi connectivity index (χ0n) is 30.7. The van der Waals surface area contributed by atoms with Crippen LogP contribution in [0.2, 0.25) is 0 Å². The molecule has 48 heavy (non-hydrogen) atoms. The topological polar surface area (TPSA) is 102 Å². The molecule has 278 valence electrons. The standard InChI is InChI=1S/C38H67NO9/c1-5-7-8-9-10-11-12-13-14-15-16-17-18-19-20-21-22-47-35-29-34(39(32-37(40)42-3)33-38(41)43-4)30-36(31-35)48-28-27-46-26-25-45-24-23-44-6-2/h29-31H,5-28,32-33H2,1-4H3. The molecule has 10 nitrogen and oxygen atoms in total. The lowest BCUT2D eigenvalue weighted by molar-refractivity contribution is -0.140. The van der Waals surface area contributed by atoms with Crippen molar-refractivity contribution in [3.63, 3.8) is 0 Å². The Hall–Kier alpha value is -2.56. The van der Waals surface area contributed by atoms with E-state index in [2.05, 4.69) is 6.92 Å². The van der Waals surface area contributed by atoms with Crippen LogP contribution in [0.1, 0.15) is 117 Å². The van der Waals surface area contributed by atoms with E-state index >= 15 is 0 Å². The van der Waals surface area contributed by atoms with Gasteiger partial charge in [0.2, 0.25) is 0 Å². The Bertz CT molecular complexity index is 896. The van der Waals surface area contributed by atoms with E-state index in [9.17, 15) is 9.59 Å². The van der Waals surface area contributed by atoms with Gasteiger partial charge in [-0.2, -0.15) is 0 Å². The second-order valence-electron chi connectivity index (χ2n) is 12.1. The third kappa shape index (κ3) is 24.6. The average molecular weight is 682 g/mol. The van der Waals surface area contributed by atoms with Crippen LogP contribution >= 0.6 is 0 Å². The molecule has 0 radical (unpaired) electrons. The fraction of sp³-hybridized carbons (Fsp3) is 0.789. The predicted octanol–water partition coefficient (Wildman–Crippen LogP) is 7.93. The molecular weight excluding hydrogens is 614 g/mol. The van der Waals surface area contributed by atoms with Gasteiger partial charge in [-0.25, -0.2) is 0 Å². The number of rotatable bonds is 34. The van der Waals surface area contributed by atoms with E-state index in [1.807, 2.05) is 13.0 Å². The van der Waals surface area contributed by atoms with Crippen LogP contribution in [0.25, 0.3) is 0 Å². The molecule has 0 bridgehead atoms. The van der Waals surface area contributed by atoms with E-state index in [1.165, 1.54) is 104 Å². The molecule has 1 aromatic carbocycles. The van der Waals surface area contributed by atoms with Gasteiger partial charge >= 0.3 is 11.9 Å². The minimum Gasteiger partial charge on any atom is -0.493 e. The van der Waals surface area contributed by atoms with Gasteiger partial charge in [0.15, 0.2) is 0 Å². The molecule has 0 spiro atoms. The Kier molecular flexibility index (Phi) is 28.7. The number of hydrogen-bond acceptors (Lipinski definition) is 10. The Balaban J connectivity index is 2.47. The van der Waals surface area contributed by atoms with Crippen molar-refractivity contribution in [1.82, 2.24) is 0 Å². The highest BCUT2D eigenvalue weighted by atomic mass is 16.6. The predicted molar refractivity (Wildman–Crippen MR) is 191 cm³/mol. The van der Waals surface area contributed by atoms with E-state index < -0.39 is 11.9 Å². The summed E-state index contributed by atoms with van der Waals surface area (Å²) in [6.07, 6.45) is 21.1. The van der Waals surface area contributed by atoms with E-state index in [0.717, 1.165) is 12.8 Å². The van der Waals surface area contributed by atoms with Crippen molar-refractivity contribution in [1.29, 1.82) is 0 Å². The molecule has 0 fully saturated rings. The number of nitrogens with zero attached hydrogens (tertiary/aromatic N) is 1. The Morgan fingerprint density at radius 3 is 1.33 bits per heavy atom. The highest BCUT2D eigenvalue weighted by molar-refractivity contribution is 5.81. The molecule has 0 unspecified atom stereocenters. The van der Waals surface area contributed by atoms with Gasteiger partial charge in [0.25, 0.3) is 0 Å². The Labute approximate surface area is 291 Å². The molecule has 10 heteroatoms. The number of anilines is 1. The molecule has 0 atom stereocenters. The SMILES string of the molecule is CCCCCCCCCCCCCCCCCCOc1cc(OCCOCCOCCOCC)cc(N(CC(=O)OC)CC(=O)OC)c1. The summed E-state index contributed by atoms with van der Waals surface area (Å²) in [7, 11) is 2.63. The lowest BCUT2D eigenvalue weighted by Crippen LogP contribution is -2.35. The highest BCUT2D eigenvalue weighted by Crippen LogP contribution is 2.29. The summed E-state index contributed by atoms with van der Waals surface area (Å²) in [4.78, 5) is 25.9. The molecule has 0 aliphatic rings. The minimum absolute atomic E-state index is 0.125. The molecule has 1 aromatic rings. The van der Waals surface area contributed by atoms with Crippen LogP contribution in [-0.2, 0) is 33.3 Å². The molecule has 0 saturated carbocycles. The second kappa shape index (κ2) is 31.7. The van der Waals surface area contributed by atoms with Crippen molar-refractivity contribution in [2.75, 3.05) is 85.1 Å². The van der Waals surface area contributed by atoms with Crippen LogP contribution in [-0.4, -0.2) is 92.1 Å². The van der Waals surface area contributed by atoms with E-state index in [0.29, 0.717) is 70.0 Å². The largest absolute Gasteiger partial charge is 0.493 e. The monoisotopic (exact) mass is 681 g/mol. The number of esters is 2. The molecule has 0 saturated heterocycles. The van der Waals surface area contributed by atoms with Gasteiger partial charge in [0.1, 0.15) is 31.2 Å². The first-order valence-electron chi connectivity index (χ1n) is 18.6. The zero-order chi connectivity index (χ0) is 34.9. The second-order valence-corrected chi connectivity index (χ2v) is 12.1. The first-order valence-corrected chi connectivity index (χ1v) is 18.6. The smallest absolute Gasteiger partial charge is 0.325 e. The molecule has 0 aliphatic heterocycles. The maximum atomic E-state index is 12.1. The summed E-state index contributed by atoms with van der Waals surface area (Å²) >= 11 is 0. The molecular formula is C38H67NO9. The normalized spacial score (nSPS) is 11.0. The van der Waals surface area contributed by atoms with Crippen molar-refractivity contribution in [3.8, 4) is 11.5 Å². The number of ether oxygens (including phenoxy) is 7. The number of unbranched alkanes of at least 4 members (excludes halogenated alkanes) is 15. The number of carbonyl (C=O) groups is 2. The third-order valence-corrected chi connectivity index (χ3v) is 8.04. The molecule has 0 heterocycles. The summed E-state index contributed by atoms with van der Waals surface area (Å²) < 4.78 is 38.1. The van der Waals surface area contributed by atoms with E-state index in [-0.39, 0.29) is 13.1 Å². The van der Waals surface area contributed by atoms with Crippen molar-refractivity contribution >= 4 is 17.6 Å². The maximum Gasteiger partial charge on any atom is 0.325 e. The van der Waals surface area contributed by atoms with Gasteiger partial charge in [-0.15, -0.1) is 0 Å². The first kappa shape index (κ1) is 43.5. The summed E-state index contributed by atoms with van der Waals surface area (Å²) in [6, 6.07) is 5.40. The van der Waals surface area contributed by atoms with Crippen LogP contribution in [0.3, 0.4) is 0 Å². The van der Waals surface area contributed by atoms with Gasteiger partial charge in [0.05, 0.1) is 53.9 Å². The fourth-order valence-electron chi connectivity index (χ4n) is 5.23. The quantitative estimate of drug-likeness (QED) is 0.0527. The molecule has 0 aliphatic carbocycles. The van der Waals surface area contributed by atoms with E-state index in [1.54, 1.807) is 17.0 Å². The Morgan fingerprint density at radius 1 is 0.500 bits per heavy atom. The van der Waals surface area contributed by atoms with Crippen LogP contribution in [0.5, 0.6) is 11.5 Å². The summed E-state index contributed by atoms with van der Waals surface area (Å²) in [5.74, 6) is 0.202. The highest BCUT2D eigenvalue weighted by Gasteiger charge is 2.18. The minimum atomic E-state index is -0.474. The van der Waals surface area contributed by atoms with Gasteiger partial charge in [0, 0.05) is 30.5 Å². The fourth-order valence-corrected chi connectivity index (χ4v) is 5.23. The average Bonchev–Trinajstić information content (AvgIpc) is 3.09. The van der Waals surface area contributed by atoms with Gasteiger partial charge < -0.3 is 38.1 Å². The molecule has 1 rings (SSSR count). The van der Waals surface area contributed by atoms with Crippen LogP contribution in [0, 0.1) is 0 Å². The van der Waals surface area contributed by atoms with Crippen molar-refractivity contribution in [2.24, 2.45) is 0 Å². The zero-order valence-corrected chi connectivity index (χ0v) is 30.7. The maximum absolute atomic E-state index is 12.1. The van der Waals surface area contributed by atoms with Crippen molar-refractivity contribution in [2.45, 2.75) is 117 Å². The van der Waals surface area contributed by atoms with Gasteiger partial charge in [-0.05, 0) is 13.3 Å². The lowest BCUT2D eigenvalue weighted by Gasteiger charge is -2.23. The van der Waals surface area contributed by atoms with Crippen LogP contribution in [0.15, 0.2) is 18.2 Å². The summed E-state index contributed by atoms with van der Waals surface area (Å²) in [5.41, 5.74) is 0.592. The van der Waals surface area contributed by atoms with Crippen LogP contribution in [0.4, 0.5) is 5.69 Å². The number of benzene rings is 1. The van der Waals surface area contributed by atoms with Gasteiger partial charge in [-0.1, -0.05) is 103 Å². The lowest BCUT2D eigenvalue weighted by atomic mass is 10.0. The van der Waals surface area contributed by atoms with Crippen molar-refractivity contribution in [3.05, 3.63) is 18.2 Å². The number of carbonyl (C=O) groups excluding carboxylic acids is 2. The summed E-state index contributed by atoms with van der Waals surface area (Å²) in [6.45, 7) is 7.96. The summed E-state index contributed by atoms with van der Waals surface area (Å²) in [5, 5.41) is 0. The van der Waals surface area contributed by atoms with Crippen LogP contribution < -0.4 is 14.4 Å². The van der Waals surface area contributed by atoms with E-state index in [4.69, 9.17) is 33.2 Å². The van der Waals surface area contributed by atoms with Gasteiger partial charge in [-0.3, -0.25) is 9.59 Å². The first-order chi connectivity index (χ1) is 23.5. The molecule has 0 amide bonds. The third-order valence-electron chi connectivity index (χ3n) is 8.04.